The Kier molecular flexibility index (Phi) is 5.25. The van der Waals surface area contributed by atoms with Gasteiger partial charge >= 0.3 is 6.01 Å². The molecule has 3 amide bonds. The summed E-state index contributed by atoms with van der Waals surface area (Å²) in [4.78, 5) is 46.8. The van der Waals surface area contributed by atoms with Gasteiger partial charge in [0.05, 0.1) is 6.54 Å². The maximum absolute atomic E-state index is 12.4. The quantitative estimate of drug-likeness (QED) is 0.723. The van der Waals surface area contributed by atoms with E-state index in [1.807, 2.05) is 6.92 Å². The first-order chi connectivity index (χ1) is 12.1. The standard InChI is InChI=1S/C17H22N4O4/c1-2-12-8-18-17(19-9-12)25-13-4-3-7-20(10-13)16(24)11-21-14(22)5-6-15(21)23/h8-9,13H,2-7,10-11H2,1H3. The third-order valence-electron chi connectivity index (χ3n) is 4.54. The van der Waals surface area contributed by atoms with E-state index in [1.54, 1.807) is 17.3 Å². The van der Waals surface area contributed by atoms with Gasteiger partial charge < -0.3 is 9.64 Å². The van der Waals surface area contributed by atoms with Crippen LogP contribution in [0.2, 0.25) is 0 Å². The van der Waals surface area contributed by atoms with E-state index in [4.69, 9.17) is 4.74 Å². The molecule has 0 spiro atoms. The highest BCUT2D eigenvalue weighted by Gasteiger charge is 2.33. The van der Waals surface area contributed by atoms with Crippen LogP contribution in [0.4, 0.5) is 0 Å². The number of amides is 3. The number of rotatable bonds is 5. The lowest BCUT2D eigenvalue weighted by Crippen LogP contribution is -2.49. The van der Waals surface area contributed by atoms with Crippen LogP contribution < -0.4 is 4.74 Å². The van der Waals surface area contributed by atoms with Crippen molar-refractivity contribution in [3.8, 4) is 6.01 Å². The number of aromatic nitrogens is 2. The number of carbonyl (C=O) groups excluding carboxylic acids is 3. The molecule has 3 heterocycles. The molecule has 0 radical (unpaired) electrons. The SMILES string of the molecule is CCc1cnc(OC2CCCN(C(=O)CN3C(=O)CCC3=O)C2)nc1. The minimum absolute atomic E-state index is 0.175. The fourth-order valence-corrected chi connectivity index (χ4v) is 3.03. The van der Waals surface area contributed by atoms with E-state index in [0.717, 1.165) is 29.7 Å². The zero-order valence-corrected chi connectivity index (χ0v) is 14.3. The van der Waals surface area contributed by atoms with Crippen LogP contribution in [0.15, 0.2) is 12.4 Å². The van der Waals surface area contributed by atoms with Crippen LogP contribution in [0.3, 0.4) is 0 Å². The monoisotopic (exact) mass is 346 g/mol. The van der Waals surface area contributed by atoms with Gasteiger partial charge in [0.25, 0.3) is 0 Å². The number of piperidine rings is 1. The van der Waals surface area contributed by atoms with Crippen LogP contribution >= 0.6 is 0 Å². The molecule has 8 heteroatoms. The fraction of sp³-hybridized carbons (Fsp3) is 0.588. The molecular weight excluding hydrogens is 324 g/mol. The summed E-state index contributed by atoms with van der Waals surface area (Å²) in [5.41, 5.74) is 1.03. The van der Waals surface area contributed by atoms with Crippen molar-refractivity contribution in [2.75, 3.05) is 19.6 Å². The van der Waals surface area contributed by atoms with Gasteiger partial charge in [-0.2, -0.15) is 0 Å². The smallest absolute Gasteiger partial charge is 0.316 e. The third-order valence-corrected chi connectivity index (χ3v) is 4.54. The van der Waals surface area contributed by atoms with Crippen LogP contribution in [0.1, 0.15) is 38.2 Å². The van der Waals surface area contributed by atoms with Gasteiger partial charge in [0.2, 0.25) is 17.7 Å². The molecule has 1 atom stereocenters. The van der Waals surface area contributed by atoms with Gasteiger partial charge in [-0.3, -0.25) is 19.3 Å². The Morgan fingerprint density at radius 3 is 2.56 bits per heavy atom. The molecule has 2 saturated heterocycles. The molecule has 0 N–H and O–H groups in total. The lowest BCUT2D eigenvalue weighted by atomic mass is 10.1. The van der Waals surface area contributed by atoms with E-state index in [9.17, 15) is 14.4 Å². The second-order valence-electron chi connectivity index (χ2n) is 6.32. The van der Waals surface area contributed by atoms with Gasteiger partial charge in [0.1, 0.15) is 12.6 Å². The van der Waals surface area contributed by atoms with Gasteiger partial charge in [-0.1, -0.05) is 6.92 Å². The predicted octanol–water partition coefficient (Wildman–Crippen LogP) is 0.558. The predicted molar refractivity (Wildman–Crippen MR) is 87.6 cm³/mol. The van der Waals surface area contributed by atoms with Crippen molar-refractivity contribution >= 4 is 17.7 Å². The third kappa shape index (κ3) is 4.12. The highest BCUT2D eigenvalue weighted by Crippen LogP contribution is 2.17. The summed E-state index contributed by atoms with van der Waals surface area (Å²) in [6.45, 7) is 2.87. The van der Waals surface area contributed by atoms with E-state index >= 15 is 0 Å². The van der Waals surface area contributed by atoms with Crippen LogP contribution in [-0.4, -0.2) is 63.2 Å². The van der Waals surface area contributed by atoms with Crippen molar-refractivity contribution in [1.29, 1.82) is 0 Å². The first-order valence-corrected chi connectivity index (χ1v) is 8.65. The Morgan fingerprint density at radius 2 is 1.92 bits per heavy atom. The van der Waals surface area contributed by atoms with E-state index in [0.29, 0.717) is 19.1 Å². The molecule has 1 aromatic heterocycles. The number of carbonyl (C=O) groups is 3. The van der Waals surface area contributed by atoms with Gasteiger partial charge in [0.15, 0.2) is 0 Å². The van der Waals surface area contributed by atoms with Crippen LogP contribution in [0.25, 0.3) is 0 Å². The lowest BCUT2D eigenvalue weighted by molar-refractivity contribution is -0.146. The van der Waals surface area contributed by atoms with Gasteiger partial charge in [-0.25, -0.2) is 9.97 Å². The van der Waals surface area contributed by atoms with Crippen molar-refractivity contribution in [1.82, 2.24) is 19.8 Å². The molecule has 0 aromatic carbocycles. The van der Waals surface area contributed by atoms with Gasteiger partial charge in [-0.05, 0) is 24.8 Å². The Morgan fingerprint density at radius 1 is 1.24 bits per heavy atom. The zero-order valence-electron chi connectivity index (χ0n) is 14.3. The van der Waals surface area contributed by atoms with Crippen molar-refractivity contribution in [3.63, 3.8) is 0 Å². The molecule has 1 aromatic rings. The van der Waals surface area contributed by atoms with E-state index in [2.05, 4.69) is 9.97 Å². The molecule has 1 unspecified atom stereocenters. The second-order valence-corrected chi connectivity index (χ2v) is 6.32. The topological polar surface area (TPSA) is 92.7 Å². The second kappa shape index (κ2) is 7.58. The molecule has 0 bridgehead atoms. The first kappa shape index (κ1) is 17.3. The average molecular weight is 346 g/mol. The van der Waals surface area contributed by atoms with E-state index < -0.39 is 0 Å². The maximum atomic E-state index is 12.4. The maximum Gasteiger partial charge on any atom is 0.316 e. The molecule has 2 aliphatic rings. The van der Waals surface area contributed by atoms with E-state index in [1.165, 1.54) is 0 Å². The summed E-state index contributed by atoms with van der Waals surface area (Å²) < 4.78 is 5.78. The highest BCUT2D eigenvalue weighted by atomic mass is 16.5. The Bertz CT molecular complexity index is 645. The summed E-state index contributed by atoms with van der Waals surface area (Å²) in [5, 5.41) is 0. The Hall–Kier alpha value is -2.51. The highest BCUT2D eigenvalue weighted by molar-refractivity contribution is 6.04. The molecule has 2 aliphatic heterocycles. The van der Waals surface area contributed by atoms with Gasteiger partial charge in [0, 0.05) is 31.8 Å². The van der Waals surface area contributed by atoms with Crippen LogP contribution in [0.5, 0.6) is 6.01 Å². The van der Waals surface area contributed by atoms with E-state index in [-0.39, 0.29) is 43.2 Å². The molecule has 0 saturated carbocycles. The summed E-state index contributed by atoms with van der Waals surface area (Å²) >= 11 is 0. The largest absolute Gasteiger partial charge is 0.458 e. The van der Waals surface area contributed by atoms with Gasteiger partial charge in [-0.15, -0.1) is 0 Å². The lowest BCUT2D eigenvalue weighted by Gasteiger charge is -2.33. The summed E-state index contributed by atoms with van der Waals surface area (Å²) in [6.07, 6.45) is 6.15. The van der Waals surface area contributed by atoms with Crippen molar-refractivity contribution in [2.24, 2.45) is 0 Å². The zero-order chi connectivity index (χ0) is 17.8. The minimum atomic E-state index is -0.271. The molecule has 25 heavy (non-hydrogen) atoms. The van der Waals surface area contributed by atoms with Crippen LogP contribution in [0, 0.1) is 0 Å². The number of ether oxygens (including phenoxy) is 1. The normalized spacial score (nSPS) is 20.9. The number of likely N-dealkylation sites (tertiary alicyclic amines) is 2. The first-order valence-electron chi connectivity index (χ1n) is 8.65. The Labute approximate surface area is 146 Å². The number of hydrogen-bond donors (Lipinski definition) is 0. The molecule has 0 aliphatic carbocycles. The molecule has 134 valence electrons. The number of imide groups is 1. The minimum Gasteiger partial charge on any atom is -0.458 e. The summed E-state index contributed by atoms with van der Waals surface area (Å²) in [5.74, 6) is -0.765. The summed E-state index contributed by atoms with van der Waals surface area (Å²) in [6, 6.07) is 0.307. The van der Waals surface area contributed by atoms with Crippen molar-refractivity contribution in [3.05, 3.63) is 18.0 Å². The summed E-state index contributed by atoms with van der Waals surface area (Å²) in [7, 11) is 0. The van der Waals surface area contributed by atoms with Crippen LogP contribution in [-0.2, 0) is 20.8 Å². The number of aryl methyl sites for hydroxylation is 1. The number of nitrogens with zero attached hydrogens (tertiary/aromatic N) is 4. The Balaban J connectivity index is 1.55. The molecule has 8 nitrogen and oxygen atoms in total. The van der Waals surface area contributed by atoms with Crippen molar-refractivity contribution < 1.29 is 19.1 Å². The molecule has 2 fully saturated rings. The molecular formula is C17H22N4O4. The average Bonchev–Trinajstić information content (AvgIpc) is 2.94. The molecule has 3 rings (SSSR count). The van der Waals surface area contributed by atoms with Crippen molar-refractivity contribution in [2.45, 2.75) is 45.1 Å². The fourth-order valence-electron chi connectivity index (χ4n) is 3.03. The number of hydrogen-bond acceptors (Lipinski definition) is 6.